The number of thiophene rings is 1. The van der Waals surface area contributed by atoms with Gasteiger partial charge in [-0.25, -0.2) is 0 Å². The molecular formula is C13H20BrNO2S. The number of aliphatic hydroxyl groups is 1. The summed E-state index contributed by atoms with van der Waals surface area (Å²) >= 11 is 4.83. The summed E-state index contributed by atoms with van der Waals surface area (Å²) in [5.74, 6) is 0.131. The highest BCUT2D eigenvalue weighted by Gasteiger charge is 2.19. The number of rotatable bonds is 8. The molecule has 1 rings (SSSR count). The van der Waals surface area contributed by atoms with Crippen molar-refractivity contribution in [2.45, 2.75) is 32.7 Å². The molecule has 0 atom stereocenters. The van der Waals surface area contributed by atoms with Gasteiger partial charge in [-0.3, -0.25) is 9.69 Å². The first kappa shape index (κ1) is 15.8. The van der Waals surface area contributed by atoms with Gasteiger partial charge in [0.1, 0.15) is 0 Å². The molecule has 0 radical (unpaired) electrons. The van der Waals surface area contributed by atoms with Gasteiger partial charge in [-0.2, -0.15) is 0 Å². The molecule has 0 saturated carbocycles. The molecule has 1 aromatic rings. The fourth-order valence-corrected chi connectivity index (χ4v) is 3.37. The second kappa shape index (κ2) is 8.04. The molecule has 0 aliphatic carbocycles. The quantitative estimate of drug-likeness (QED) is 0.743. The minimum absolute atomic E-state index is 0.0952. The number of halogens is 1. The highest BCUT2D eigenvalue weighted by molar-refractivity contribution is 9.11. The largest absolute Gasteiger partial charge is 0.395 e. The molecule has 0 aliphatic heterocycles. The maximum absolute atomic E-state index is 12.1. The van der Waals surface area contributed by atoms with Gasteiger partial charge in [0.15, 0.2) is 5.78 Å². The zero-order chi connectivity index (χ0) is 13.5. The molecule has 0 aromatic carbocycles. The van der Waals surface area contributed by atoms with Crippen molar-refractivity contribution in [1.82, 2.24) is 4.90 Å². The predicted octanol–water partition coefficient (Wildman–Crippen LogP) is 3.18. The van der Waals surface area contributed by atoms with Crippen molar-refractivity contribution in [3.63, 3.8) is 0 Å². The summed E-state index contributed by atoms with van der Waals surface area (Å²) < 4.78 is 0.974. The Labute approximate surface area is 121 Å². The van der Waals surface area contributed by atoms with Gasteiger partial charge >= 0.3 is 0 Å². The Morgan fingerprint density at radius 3 is 2.56 bits per heavy atom. The SMILES string of the molecule is CCC(CC)N(CCO)CC(=O)c1ccc(Br)s1. The van der Waals surface area contributed by atoms with Crippen LogP contribution < -0.4 is 0 Å². The van der Waals surface area contributed by atoms with Gasteiger partial charge in [0.2, 0.25) is 0 Å². The first-order chi connectivity index (χ1) is 8.62. The maximum atomic E-state index is 12.1. The summed E-state index contributed by atoms with van der Waals surface area (Å²) in [4.78, 5) is 15.0. The average molecular weight is 334 g/mol. The third-order valence-corrected chi connectivity index (χ3v) is 4.71. The zero-order valence-corrected chi connectivity index (χ0v) is 13.3. The molecule has 0 saturated heterocycles. The van der Waals surface area contributed by atoms with Crippen LogP contribution in [0.15, 0.2) is 15.9 Å². The summed E-state index contributed by atoms with van der Waals surface area (Å²) in [6, 6.07) is 4.11. The van der Waals surface area contributed by atoms with E-state index >= 15 is 0 Å². The van der Waals surface area contributed by atoms with Gasteiger partial charge in [-0.05, 0) is 40.9 Å². The molecule has 0 unspecified atom stereocenters. The first-order valence-corrected chi connectivity index (χ1v) is 7.86. The Hall–Kier alpha value is -0.230. The van der Waals surface area contributed by atoms with Crippen LogP contribution in [0.4, 0.5) is 0 Å². The Balaban J connectivity index is 2.68. The molecule has 0 bridgehead atoms. The van der Waals surface area contributed by atoms with Crippen LogP contribution >= 0.6 is 27.3 Å². The van der Waals surface area contributed by atoms with E-state index in [0.717, 1.165) is 21.5 Å². The van der Waals surface area contributed by atoms with E-state index in [4.69, 9.17) is 5.11 Å². The van der Waals surface area contributed by atoms with Crippen LogP contribution in [0.2, 0.25) is 0 Å². The molecule has 0 spiro atoms. The van der Waals surface area contributed by atoms with E-state index in [9.17, 15) is 4.79 Å². The van der Waals surface area contributed by atoms with Crippen LogP contribution in [0.25, 0.3) is 0 Å². The van der Waals surface area contributed by atoms with Crippen molar-refractivity contribution in [3.05, 3.63) is 20.8 Å². The van der Waals surface area contributed by atoms with E-state index in [-0.39, 0.29) is 12.4 Å². The number of ketones is 1. The standard InChI is InChI=1S/C13H20BrNO2S/c1-3-10(4-2)15(7-8-16)9-11(17)12-5-6-13(14)18-12/h5-6,10,16H,3-4,7-9H2,1-2H3. The minimum atomic E-state index is 0.0952. The van der Waals surface area contributed by atoms with Gasteiger partial charge in [-0.1, -0.05) is 13.8 Å². The summed E-state index contributed by atoms with van der Waals surface area (Å²) in [5, 5.41) is 9.11. The Bertz CT molecular complexity index is 377. The molecule has 18 heavy (non-hydrogen) atoms. The second-order valence-corrected chi connectivity index (χ2v) is 6.65. The summed E-state index contributed by atoms with van der Waals surface area (Å²) in [6.45, 7) is 5.28. The highest BCUT2D eigenvalue weighted by atomic mass is 79.9. The van der Waals surface area contributed by atoms with Crippen LogP contribution in [0.1, 0.15) is 36.4 Å². The lowest BCUT2D eigenvalue weighted by Crippen LogP contribution is -2.40. The van der Waals surface area contributed by atoms with E-state index in [2.05, 4.69) is 34.7 Å². The topological polar surface area (TPSA) is 40.5 Å². The van der Waals surface area contributed by atoms with Crippen LogP contribution in [0, 0.1) is 0 Å². The Kier molecular flexibility index (Phi) is 7.07. The van der Waals surface area contributed by atoms with Crippen LogP contribution in [-0.4, -0.2) is 41.5 Å². The van der Waals surface area contributed by atoms with Gasteiger partial charge in [0.05, 0.1) is 21.8 Å². The average Bonchev–Trinajstić information content (AvgIpc) is 2.77. The first-order valence-electron chi connectivity index (χ1n) is 6.25. The predicted molar refractivity (Wildman–Crippen MR) is 79.4 cm³/mol. The lowest BCUT2D eigenvalue weighted by molar-refractivity contribution is 0.0854. The van der Waals surface area contributed by atoms with Crippen LogP contribution in [0.3, 0.4) is 0 Å². The van der Waals surface area contributed by atoms with Crippen molar-refractivity contribution in [3.8, 4) is 0 Å². The molecule has 0 aliphatic rings. The van der Waals surface area contributed by atoms with Gasteiger partial charge in [0, 0.05) is 12.6 Å². The van der Waals surface area contributed by atoms with Crippen molar-refractivity contribution < 1.29 is 9.90 Å². The lowest BCUT2D eigenvalue weighted by Gasteiger charge is -2.28. The Morgan fingerprint density at radius 1 is 1.44 bits per heavy atom. The molecule has 1 N–H and O–H groups in total. The molecule has 3 nitrogen and oxygen atoms in total. The third-order valence-electron chi connectivity index (χ3n) is 3.04. The van der Waals surface area contributed by atoms with Crippen LogP contribution in [-0.2, 0) is 0 Å². The fraction of sp³-hybridized carbons (Fsp3) is 0.615. The van der Waals surface area contributed by atoms with E-state index < -0.39 is 0 Å². The zero-order valence-electron chi connectivity index (χ0n) is 10.9. The highest BCUT2D eigenvalue weighted by Crippen LogP contribution is 2.23. The Morgan fingerprint density at radius 2 is 2.11 bits per heavy atom. The van der Waals surface area contributed by atoms with E-state index in [1.165, 1.54) is 11.3 Å². The molecule has 1 heterocycles. The smallest absolute Gasteiger partial charge is 0.186 e. The normalized spacial score (nSPS) is 11.4. The molecular weight excluding hydrogens is 314 g/mol. The van der Waals surface area contributed by atoms with Crippen molar-refractivity contribution >= 4 is 33.0 Å². The van der Waals surface area contributed by atoms with Crippen molar-refractivity contribution in [2.24, 2.45) is 0 Å². The molecule has 0 fully saturated rings. The van der Waals surface area contributed by atoms with Crippen molar-refractivity contribution in [2.75, 3.05) is 19.7 Å². The van der Waals surface area contributed by atoms with Crippen LogP contribution in [0.5, 0.6) is 0 Å². The number of carbonyl (C=O) groups is 1. The van der Waals surface area contributed by atoms with Gasteiger partial charge in [-0.15, -0.1) is 11.3 Å². The minimum Gasteiger partial charge on any atom is -0.395 e. The fourth-order valence-electron chi connectivity index (χ4n) is 2.05. The second-order valence-electron chi connectivity index (χ2n) is 4.19. The van der Waals surface area contributed by atoms with E-state index in [0.29, 0.717) is 19.1 Å². The number of hydrogen-bond donors (Lipinski definition) is 1. The molecule has 0 amide bonds. The number of aliphatic hydroxyl groups excluding tert-OH is 1. The number of carbonyl (C=O) groups excluding carboxylic acids is 1. The third kappa shape index (κ3) is 4.46. The summed E-state index contributed by atoms with van der Waals surface area (Å²) in [6.07, 6.45) is 2.00. The number of Topliss-reactive ketones (excluding diaryl/α,β-unsaturated/α-hetero) is 1. The lowest BCUT2D eigenvalue weighted by atomic mass is 10.1. The molecule has 5 heteroatoms. The molecule has 102 valence electrons. The van der Waals surface area contributed by atoms with Gasteiger partial charge in [0.25, 0.3) is 0 Å². The van der Waals surface area contributed by atoms with E-state index in [1.54, 1.807) is 0 Å². The summed E-state index contributed by atoms with van der Waals surface area (Å²) in [5.41, 5.74) is 0. The van der Waals surface area contributed by atoms with Crippen molar-refractivity contribution in [1.29, 1.82) is 0 Å². The maximum Gasteiger partial charge on any atom is 0.186 e. The number of hydrogen-bond acceptors (Lipinski definition) is 4. The summed E-state index contributed by atoms with van der Waals surface area (Å²) in [7, 11) is 0. The monoisotopic (exact) mass is 333 g/mol. The number of nitrogens with zero attached hydrogens (tertiary/aromatic N) is 1. The van der Waals surface area contributed by atoms with E-state index in [1.807, 2.05) is 12.1 Å². The van der Waals surface area contributed by atoms with Gasteiger partial charge < -0.3 is 5.11 Å². The molecule has 1 aromatic heterocycles.